The Balaban J connectivity index is 1.32. The standard InChI is InChI=1S/C56H31N7/c1-59-44-20-12-19-41(29-44)48-32-43(56-61-50(38-14-5-3-6-15-38)33-51(62-56)39-16-7-4-8-17-39)31-47(40-18-11-13-36(27-40)34-57)55(48)63-53-22-10-9-21-46(53)49-30-42(24-26-54(49)63)45-25-23-37(35-58)28-52(45)60-2/h3-33H. The molecule has 63 heavy (non-hydrogen) atoms. The van der Waals surface area contributed by atoms with Gasteiger partial charge in [-0.1, -0.05) is 121 Å². The fourth-order valence-electron chi connectivity index (χ4n) is 8.35. The summed E-state index contributed by atoms with van der Waals surface area (Å²) < 4.78 is 2.26. The van der Waals surface area contributed by atoms with Gasteiger partial charge in [-0.05, 0) is 89.0 Å². The second-order valence-electron chi connectivity index (χ2n) is 15.0. The number of hydrogen-bond donors (Lipinski definition) is 0. The zero-order chi connectivity index (χ0) is 42.9. The maximum atomic E-state index is 10.2. The number of aromatic nitrogens is 3. The molecule has 8 aromatic carbocycles. The van der Waals surface area contributed by atoms with Crippen molar-refractivity contribution in [2.45, 2.75) is 0 Å². The molecule has 2 aromatic heterocycles. The molecule has 290 valence electrons. The SMILES string of the molecule is [C-]#[N+]c1cccc(-c2cc(-c3nc(-c4ccccc4)cc(-c4ccccc4)n3)cc(-c3cccc(C#N)c3)c2-n2c3ccccc3c3cc(-c4ccc(C#N)cc4[N+]#[C-])ccc32)c1. The number of nitriles is 2. The van der Waals surface area contributed by atoms with Crippen molar-refractivity contribution in [3.8, 4) is 85.1 Å². The molecule has 0 atom stereocenters. The highest BCUT2D eigenvalue weighted by Gasteiger charge is 2.24. The molecule has 2 heterocycles. The summed E-state index contributed by atoms with van der Waals surface area (Å²) in [4.78, 5) is 18.1. The number of hydrogen-bond acceptors (Lipinski definition) is 4. The maximum Gasteiger partial charge on any atom is 0.196 e. The quantitative estimate of drug-likeness (QED) is 0.150. The predicted molar refractivity (Wildman–Crippen MR) is 251 cm³/mol. The van der Waals surface area contributed by atoms with Crippen LogP contribution in [0, 0.1) is 35.8 Å². The molecule has 0 spiro atoms. The molecule has 0 amide bonds. The second-order valence-corrected chi connectivity index (χ2v) is 15.0. The first-order valence-electron chi connectivity index (χ1n) is 20.2. The topological polar surface area (TPSA) is 87.0 Å². The third kappa shape index (κ3) is 6.91. The van der Waals surface area contributed by atoms with Crippen molar-refractivity contribution in [2.24, 2.45) is 0 Å². The molecule has 10 aromatic rings. The van der Waals surface area contributed by atoms with Crippen LogP contribution in [-0.4, -0.2) is 14.5 Å². The molecule has 10 rings (SSSR count). The number of nitrogens with zero attached hydrogens (tertiary/aromatic N) is 7. The number of para-hydroxylation sites is 1. The fourth-order valence-corrected chi connectivity index (χ4v) is 8.35. The lowest BCUT2D eigenvalue weighted by atomic mass is 9.91. The lowest BCUT2D eigenvalue weighted by Crippen LogP contribution is -2.03. The van der Waals surface area contributed by atoms with Crippen LogP contribution in [0.3, 0.4) is 0 Å². The Bertz CT molecular complexity index is 3480. The van der Waals surface area contributed by atoms with E-state index >= 15 is 0 Å². The summed E-state index contributed by atoms with van der Waals surface area (Å²) in [5.41, 5.74) is 13.7. The molecule has 0 bridgehead atoms. The van der Waals surface area contributed by atoms with Gasteiger partial charge < -0.3 is 4.57 Å². The van der Waals surface area contributed by atoms with Crippen LogP contribution in [0.15, 0.2) is 188 Å². The second kappa shape index (κ2) is 16.0. The minimum Gasteiger partial charge on any atom is -0.308 e. The van der Waals surface area contributed by atoms with Crippen LogP contribution in [0.25, 0.3) is 104 Å². The fraction of sp³-hybridized carbons (Fsp3) is 0. The zero-order valence-corrected chi connectivity index (χ0v) is 33.5. The van der Waals surface area contributed by atoms with Crippen LogP contribution >= 0.6 is 0 Å². The van der Waals surface area contributed by atoms with Gasteiger partial charge in [0.25, 0.3) is 0 Å². The van der Waals surface area contributed by atoms with Crippen LogP contribution in [0.5, 0.6) is 0 Å². The number of fused-ring (bicyclic) bond motifs is 3. The predicted octanol–water partition coefficient (Wildman–Crippen LogP) is 14.4. The molecule has 0 aliphatic carbocycles. The van der Waals surface area contributed by atoms with Gasteiger partial charge >= 0.3 is 0 Å². The molecule has 0 aliphatic heterocycles. The van der Waals surface area contributed by atoms with E-state index in [2.05, 4.69) is 62.8 Å². The van der Waals surface area contributed by atoms with Gasteiger partial charge in [0.1, 0.15) is 0 Å². The Kier molecular flexibility index (Phi) is 9.60. The van der Waals surface area contributed by atoms with Crippen molar-refractivity contribution < 1.29 is 0 Å². The smallest absolute Gasteiger partial charge is 0.196 e. The summed E-state index contributed by atoms with van der Waals surface area (Å²) in [5.74, 6) is 0.520. The molecule has 0 radical (unpaired) electrons. The first-order valence-corrected chi connectivity index (χ1v) is 20.2. The van der Waals surface area contributed by atoms with Gasteiger partial charge in [0, 0.05) is 44.2 Å². The van der Waals surface area contributed by atoms with Crippen LogP contribution in [0.4, 0.5) is 11.4 Å². The lowest BCUT2D eigenvalue weighted by Gasteiger charge is -2.21. The van der Waals surface area contributed by atoms with Crippen molar-refractivity contribution in [1.82, 2.24) is 14.5 Å². The maximum absolute atomic E-state index is 10.2. The molecule has 0 unspecified atom stereocenters. The number of rotatable bonds is 7. The van der Waals surface area contributed by atoms with E-state index in [1.807, 2.05) is 127 Å². The molecular formula is C56H31N7. The van der Waals surface area contributed by atoms with E-state index in [9.17, 15) is 10.5 Å². The van der Waals surface area contributed by atoms with Gasteiger partial charge in [-0.3, -0.25) is 0 Å². The van der Waals surface area contributed by atoms with E-state index in [1.165, 1.54) is 0 Å². The van der Waals surface area contributed by atoms with Gasteiger partial charge in [0.05, 0.1) is 59.0 Å². The van der Waals surface area contributed by atoms with Gasteiger partial charge in [0.2, 0.25) is 0 Å². The summed E-state index contributed by atoms with van der Waals surface area (Å²) in [6.45, 7) is 15.9. The van der Waals surface area contributed by atoms with Crippen LogP contribution < -0.4 is 0 Å². The average molecular weight is 802 g/mol. The Hall–Kier alpha value is -9.40. The van der Waals surface area contributed by atoms with Gasteiger partial charge in [-0.2, -0.15) is 10.5 Å². The minimum absolute atomic E-state index is 0.406. The summed E-state index contributed by atoms with van der Waals surface area (Å²) in [7, 11) is 0. The Morgan fingerprint density at radius 1 is 0.429 bits per heavy atom. The van der Waals surface area contributed by atoms with E-state index in [1.54, 1.807) is 24.3 Å². The summed E-state index contributed by atoms with van der Waals surface area (Å²) >= 11 is 0. The van der Waals surface area contributed by atoms with Gasteiger partial charge in [0.15, 0.2) is 17.2 Å². The summed E-state index contributed by atoms with van der Waals surface area (Å²) in [6.07, 6.45) is 0. The molecular weight excluding hydrogens is 771 g/mol. The first kappa shape index (κ1) is 37.8. The van der Waals surface area contributed by atoms with Crippen molar-refractivity contribution in [1.29, 1.82) is 10.5 Å². The molecule has 0 saturated heterocycles. The van der Waals surface area contributed by atoms with Crippen LogP contribution in [-0.2, 0) is 0 Å². The Labute approximate surface area is 364 Å². The van der Waals surface area contributed by atoms with Gasteiger partial charge in [-0.15, -0.1) is 0 Å². The van der Waals surface area contributed by atoms with Crippen molar-refractivity contribution >= 4 is 33.2 Å². The average Bonchev–Trinajstić information content (AvgIpc) is 3.69. The van der Waals surface area contributed by atoms with Crippen LogP contribution in [0.2, 0.25) is 0 Å². The zero-order valence-electron chi connectivity index (χ0n) is 33.5. The number of benzene rings is 8. The van der Waals surface area contributed by atoms with Crippen molar-refractivity contribution in [3.05, 3.63) is 222 Å². The van der Waals surface area contributed by atoms with Crippen molar-refractivity contribution in [2.75, 3.05) is 0 Å². The highest BCUT2D eigenvalue weighted by Crippen LogP contribution is 2.45. The molecule has 7 heteroatoms. The third-order valence-electron chi connectivity index (χ3n) is 11.3. The lowest BCUT2D eigenvalue weighted by molar-refractivity contribution is 1.17. The monoisotopic (exact) mass is 801 g/mol. The Morgan fingerprint density at radius 2 is 1.02 bits per heavy atom. The molecule has 0 N–H and O–H groups in total. The van der Waals surface area contributed by atoms with E-state index in [-0.39, 0.29) is 0 Å². The molecule has 7 nitrogen and oxygen atoms in total. The summed E-state index contributed by atoms with van der Waals surface area (Å²) in [6, 6.07) is 65.8. The van der Waals surface area contributed by atoms with Crippen molar-refractivity contribution in [3.63, 3.8) is 0 Å². The third-order valence-corrected chi connectivity index (χ3v) is 11.3. The normalized spacial score (nSPS) is 10.8. The minimum atomic E-state index is 0.406. The van der Waals surface area contributed by atoms with E-state index in [0.717, 1.165) is 89.0 Å². The largest absolute Gasteiger partial charge is 0.308 e. The molecule has 0 fully saturated rings. The summed E-state index contributed by atoms with van der Waals surface area (Å²) in [5, 5.41) is 21.7. The van der Waals surface area contributed by atoms with Crippen LogP contribution in [0.1, 0.15) is 11.1 Å². The van der Waals surface area contributed by atoms with Gasteiger partial charge in [-0.25, -0.2) is 19.7 Å². The highest BCUT2D eigenvalue weighted by molar-refractivity contribution is 6.12. The molecule has 0 saturated carbocycles. The Morgan fingerprint density at radius 3 is 1.68 bits per heavy atom. The van der Waals surface area contributed by atoms with E-state index in [4.69, 9.17) is 23.1 Å². The molecule has 0 aliphatic rings. The van der Waals surface area contributed by atoms with E-state index < -0.39 is 0 Å². The highest BCUT2D eigenvalue weighted by atomic mass is 15.0. The first-order chi connectivity index (χ1) is 31.0. The van der Waals surface area contributed by atoms with E-state index in [0.29, 0.717) is 28.3 Å².